The molecule has 3 aromatic rings. The number of benzene rings is 1. The minimum atomic E-state index is 1.05. The van der Waals surface area contributed by atoms with Gasteiger partial charge in [0.05, 0.1) is 5.69 Å². The van der Waals surface area contributed by atoms with Crippen molar-refractivity contribution in [2.24, 2.45) is 0 Å². The zero-order chi connectivity index (χ0) is 10.3. The van der Waals surface area contributed by atoms with Crippen molar-refractivity contribution in [1.29, 1.82) is 0 Å². The van der Waals surface area contributed by atoms with Gasteiger partial charge in [0.2, 0.25) is 0 Å². The maximum absolute atomic E-state index is 4.30. The average molecular weight is 214 g/mol. The molecular weight excluding hydrogens is 204 g/mol. The number of aromatic amines is 1. The summed E-state index contributed by atoms with van der Waals surface area (Å²) < 4.78 is 0. The molecule has 74 valence electrons. The summed E-state index contributed by atoms with van der Waals surface area (Å²) in [5.74, 6) is 0. The van der Waals surface area contributed by atoms with E-state index in [1.165, 1.54) is 16.5 Å². The highest BCUT2D eigenvalue weighted by Gasteiger charge is 2.05. The van der Waals surface area contributed by atoms with E-state index in [0.29, 0.717) is 0 Å². The molecule has 1 aromatic carbocycles. The van der Waals surface area contributed by atoms with E-state index in [1.54, 1.807) is 11.3 Å². The van der Waals surface area contributed by atoms with Crippen molar-refractivity contribution in [2.45, 2.75) is 6.92 Å². The van der Waals surface area contributed by atoms with E-state index in [0.717, 1.165) is 10.7 Å². The summed E-state index contributed by atoms with van der Waals surface area (Å²) in [4.78, 5) is 7.69. The van der Waals surface area contributed by atoms with Crippen LogP contribution in [0.5, 0.6) is 0 Å². The van der Waals surface area contributed by atoms with Gasteiger partial charge in [0.15, 0.2) is 0 Å². The van der Waals surface area contributed by atoms with Crippen LogP contribution in [0.4, 0.5) is 0 Å². The molecule has 0 aliphatic carbocycles. The van der Waals surface area contributed by atoms with Crippen molar-refractivity contribution in [3.05, 3.63) is 41.4 Å². The molecule has 0 saturated heterocycles. The normalized spacial score (nSPS) is 11.0. The van der Waals surface area contributed by atoms with Gasteiger partial charge in [-0.1, -0.05) is 12.1 Å². The summed E-state index contributed by atoms with van der Waals surface area (Å²) in [5.41, 5.74) is 3.58. The zero-order valence-corrected chi connectivity index (χ0v) is 9.14. The van der Waals surface area contributed by atoms with Crippen LogP contribution in [-0.2, 0) is 0 Å². The van der Waals surface area contributed by atoms with Gasteiger partial charge < -0.3 is 4.98 Å². The first-order chi connectivity index (χ1) is 7.34. The molecule has 15 heavy (non-hydrogen) atoms. The van der Waals surface area contributed by atoms with Gasteiger partial charge in [-0.25, -0.2) is 4.98 Å². The van der Waals surface area contributed by atoms with Crippen LogP contribution in [0.25, 0.3) is 21.6 Å². The molecule has 0 aliphatic heterocycles. The number of thiazole rings is 1. The molecule has 3 heteroatoms. The molecule has 0 saturated carbocycles. The summed E-state index contributed by atoms with van der Waals surface area (Å²) in [5, 5.41) is 4.32. The number of nitrogens with zero attached hydrogens (tertiary/aromatic N) is 1. The molecule has 0 radical (unpaired) electrons. The number of hydrogen-bond donors (Lipinski definition) is 1. The molecular formula is C12H10N2S. The van der Waals surface area contributed by atoms with Crippen LogP contribution in [0.2, 0.25) is 0 Å². The quantitative estimate of drug-likeness (QED) is 0.658. The van der Waals surface area contributed by atoms with Crippen molar-refractivity contribution in [3.8, 4) is 10.7 Å². The number of aryl methyl sites for hydroxylation is 1. The van der Waals surface area contributed by atoms with Crippen LogP contribution in [-0.4, -0.2) is 9.97 Å². The first kappa shape index (κ1) is 8.68. The van der Waals surface area contributed by atoms with Crippen LogP contribution in [0.1, 0.15) is 5.56 Å². The molecule has 0 aliphatic rings. The van der Waals surface area contributed by atoms with Crippen LogP contribution < -0.4 is 0 Å². The van der Waals surface area contributed by atoms with E-state index < -0.39 is 0 Å². The van der Waals surface area contributed by atoms with Crippen molar-refractivity contribution in [1.82, 2.24) is 9.97 Å². The van der Waals surface area contributed by atoms with Gasteiger partial charge >= 0.3 is 0 Å². The largest absolute Gasteiger partial charge is 0.353 e. The molecule has 2 aromatic heterocycles. The van der Waals surface area contributed by atoms with E-state index in [9.17, 15) is 0 Å². The first-order valence-corrected chi connectivity index (χ1v) is 5.71. The summed E-state index contributed by atoms with van der Waals surface area (Å²) in [7, 11) is 0. The SMILES string of the molecule is Cc1cccc2[nH]c(-c3nccs3)cc12. The summed E-state index contributed by atoms with van der Waals surface area (Å²) in [6.07, 6.45) is 1.83. The van der Waals surface area contributed by atoms with Crippen LogP contribution in [0.15, 0.2) is 35.8 Å². The number of hydrogen-bond acceptors (Lipinski definition) is 2. The van der Waals surface area contributed by atoms with Gasteiger partial charge in [0.25, 0.3) is 0 Å². The zero-order valence-electron chi connectivity index (χ0n) is 8.32. The van der Waals surface area contributed by atoms with Crippen LogP contribution in [0.3, 0.4) is 0 Å². The highest BCUT2D eigenvalue weighted by molar-refractivity contribution is 7.13. The van der Waals surface area contributed by atoms with Gasteiger partial charge in [0, 0.05) is 22.5 Å². The topological polar surface area (TPSA) is 28.7 Å². The molecule has 0 unspecified atom stereocenters. The third-order valence-corrected chi connectivity index (χ3v) is 3.35. The number of H-pyrrole nitrogens is 1. The number of fused-ring (bicyclic) bond motifs is 1. The van der Waals surface area contributed by atoms with E-state index in [4.69, 9.17) is 0 Å². The fraction of sp³-hybridized carbons (Fsp3) is 0.0833. The standard InChI is InChI=1S/C12H10N2S/c1-8-3-2-4-10-9(8)7-11(14-10)12-13-5-6-15-12/h2-7,14H,1H3. The Labute approximate surface area is 91.6 Å². The minimum Gasteiger partial charge on any atom is -0.353 e. The van der Waals surface area contributed by atoms with Crippen molar-refractivity contribution in [3.63, 3.8) is 0 Å². The lowest BCUT2D eigenvalue weighted by Gasteiger charge is -1.92. The Morgan fingerprint density at radius 1 is 1.33 bits per heavy atom. The van der Waals surface area contributed by atoms with Gasteiger partial charge in [-0.3, -0.25) is 0 Å². The molecule has 2 nitrogen and oxygen atoms in total. The monoisotopic (exact) mass is 214 g/mol. The third-order valence-electron chi connectivity index (χ3n) is 2.54. The fourth-order valence-corrected chi connectivity index (χ4v) is 2.39. The molecule has 0 amide bonds. The average Bonchev–Trinajstić information content (AvgIpc) is 2.86. The van der Waals surface area contributed by atoms with Gasteiger partial charge in [-0.2, -0.15) is 0 Å². The van der Waals surface area contributed by atoms with Gasteiger partial charge in [-0.15, -0.1) is 11.3 Å². The lowest BCUT2D eigenvalue weighted by Crippen LogP contribution is -1.72. The first-order valence-electron chi connectivity index (χ1n) is 4.83. The van der Waals surface area contributed by atoms with Gasteiger partial charge in [-0.05, 0) is 24.6 Å². The summed E-state index contributed by atoms with van der Waals surface area (Å²) >= 11 is 1.65. The highest BCUT2D eigenvalue weighted by atomic mass is 32.1. The second kappa shape index (κ2) is 3.21. The Morgan fingerprint density at radius 3 is 3.00 bits per heavy atom. The second-order valence-electron chi connectivity index (χ2n) is 3.56. The molecule has 0 atom stereocenters. The lowest BCUT2D eigenvalue weighted by atomic mass is 10.1. The van der Waals surface area contributed by atoms with Crippen molar-refractivity contribution >= 4 is 22.2 Å². The Hall–Kier alpha value is -1.61. The Kier molecular flexibility index (Phi) is 1.86. The number of aromatic nitrogens is 2. The predicted octanol–water partition coefficient (Wildman–Crippen LogP) is 3.60. The van der Waals surface area contributed by atoms with E-state index in [2.05, 4.69) is 41.2 Å². The molecule has 0 bridgehead atoms. The molecule has 0 fully saturated rings. The molecule has 0 spiro atoms. The van der Waals surface area contributed by atoms with E-state index in [1.807, 2.05) is 11.6 Å². The summed E-state index contributed by atoms with van der Waals surface area (Å²) in [6.45, 7) is 2.13. The fourth-order valence-electron chi connectivity index (χ4n) is 1.78. The van der Waals surface area contributed by atoms with Crippen LogP contribution in [0, 0.1) is 6.92 Å². The second-order valence-corrected chi connectivity index (χ2v) is 4.45. The number of rotatable bonds is 1. The van der Waals surface area contributed by atoms with Crippen LogP contribution >= 0.6 is 11.3 Å². The Balaban J connectivity index is 2.27. The lowest BCUT2D eigenvalue weighted by molar-refractivity contribution is 1.36. The van der Waals surface area contributed by atoms with Crippen molar-refractivity contribution in [2.75, 3.05) is 0 Å². The maximum Gasteiger partial charge on any atom is 0.139 e. The smallest absolute Gasteiger partial charge is 0.139 e. The molecule has 2 heterocycles. The Morgan fingerprint density at radius 2 is 2.27 bits per heavy atom. The predicted molar refractivity (Wildman–Crippen MR) is 64.1 cm³/mol. The Bertz CT molecular complexity index is 593. The minimum absolute atomic E-state index is 1.05. The van der Waals surface area contributed by atoms with Gasteiger partial charge in [0.1, 0.15) is 5.01 Å². The van der Waals surface area contributed by atoms with E-state index in [-0.39, 0.29) is 0 Å². The summed E-state index contributed by atoms with van der Waals surface area (Å²) in [6, 6.07) is 8.46. The highest BCUT2D eigenvalue weighted by Crippen LogP contribution is 2.27. The molecule has 3 rings (SSSR count). The van der Waals surface area contributed by atoms with E-state index >= 15 is 0 Å². The maximum atomic E-state index is 4.30. The molecule has 1 N–H and O–H groups in total. The van der Waals surface area contributed by atoms with Crippen molar-refractivity contribution < 1.29 is 0 Å². The third kappa shape index (κ3) is 1.36. The number of nitrogens with one attached hydrogen (secondary N) is 1.